The van der Waals surface area contributed by atoms with Gasteiger partial charge in [-0.2, -0.15) is 0 Å². The summed E-state index contributed by atoms with van der Waals surface area (Å²) in [5, 5.41) is 2.75. The molecule has 1 aliphatic rings. The Kier molecular flexibility index (Phi) is 5.15. The number of halogens is 3. The van der Waals surface area contributed by atoms with E-state index in [9.17, 15) is 13.6 Å². The Morgan fingerprint density at radius 2 is 1.75 bits per heavy atom. The van der Waals surface area contributed by atoms with E-state index in [1.54, 1.807) is 17.0 Å². The number of amides is 2. The molecule has 160 valence electrons. The summed E-state index contributed by atoms with van der Waals surface area (Å²) in [6.07, 6.45) is 1.95. The van der Waals surface area contributed by atoms with Gasteiger partial charge in [0.05, 0.1) is 23.3 Å². The van der Waals surface area contributed by atoms with Crippen molar-refractivity contribution < 1.29 is 13.6 Å². The average Bonchev–Trinajstić information content (AvgIpc) is 3.21. The minimum atomic E-state index is -0.560. The van der Waals surface area contributed by atoms with Crippen LogP contribution in [0.4, 0.5) is 19.3 Å². The molecule has 0 spiro atoms. The predicted molar refractivity (Wildman–Crippen MR) is 120 cm³/mol. The third-order valence-corrected chi connectivity index (χ3v) is 5.87. The van der Waals surface area contributed by atoms with Crippen LogP contribution in [0.2, 0.25) is 5.02 Å². The normalized spacial score (nSPS) is 15.0. The van der Waals surface area contributed by atoms with Gasteiger partial charge in [0, 0.05) is 17.6 Å². The molecule has 0 bridgehead atoms. The highest BCUT2D eigenvalue weighted by Crippen LogP contribution is 2.37. The average molecular weight is 450 g/mol. The maximum absolute atomic E-state index is 13.7. The van der Waals surface area contributed by atoms with Crippen LogP contribution in [0.3, 0.4) is 0 Å². The van der Waals surface area contributed by atoms with Crippen molar-refractivity contribution in [3.8, 4) is 5.69 Å². The lowest BCUT2D eigenvalue weighted by Gasteiger charge is -2.31. The van der Waals surface area contributed by atoms with Crippen molar-refractivity contribution in [2.75, 3.05) is 5.32 Å². The largest absolute Gasteiger partial charge is 0.322 e. The van der Waals surface area contributed by atoms with Gasteiger partial charge in [0.15, 0.2) is 0 Å². The fourth-order valence-corrected chi connectivity index (χ4v) is 4.28. The number of urea groups is 1. The molecule has 3 aromatic carbocycles. The fourth-order valence-electron chi connectivity index (χ4n) is 4.10. The molecule has 4 aromatic rings. The van der Waals surface area contributed by atoms with Gasteiger partial charge in [-0.15, -0.1) is 0 Å². The van der Waals surface area contributed by atoms with Crippen LogP contribution in [-0.2, 0) is 6.54 Å². The smallest absolute Gasteiger partial charge is 0.318 e. The quantitative estimate of drug-likeness (QED) is 0.370. The van der Waals surface area contributed by atoms with Crippen LogP contribution in [0.15, 0.2) is 85.1 Å². The molecule has 1 N–H and O–H groups in total. The van der Waals surface area contributed by atoms with Crippen LogP contribution in [0.1, 0.15) is 22.9 Å². The van der Waals surface area contributed by atoms with Crippen LogP contribution in [-0.4, -0.2) is 15.5 Å². The Hall–Kier alpha value is -3.64. The molecule has 1 atom stereocenters. The fraction of sp³-hybridized carbons (Fsp3) is 0.0800. The molecule has 0 saturated carbocycles. The van der Waals surface area contributed by atoms with Gasteiger partial charge in [0.25, 0.3) is 0 Å². The lowest BCUT2D eigenvalue weighted by molar-refractivity contribution is 0.194. The third-order valence-electron chi connectivity index (χ3n) is 5.58. The molecule has 2 heterocycles. The van der Waals surface area contributed by atoms with Gasteiger partial charge in [-0.1, -0.05) is 41.9 Å². The summed E-state index contributed by atoms with van der Waals surface area (Å²) >= 11 is 5.89. The molecule has 1 aromatic heterocycles. The van der Waals surface area contributed by atoms with Crippen LogP contribution in [0.5, 0.6) is 0 Å². The first-order valence-corrected chi connectivity index (χ1v) is 10.4. The molecule has 5 rings (SSSR count). The molecule has 0 aliphatic carbocycles. The Bertz CT molecular complexity index is 1300. The maximum Gasteiger partial charge on any atom is 0.322 e. The Morgan fingerprint density at radius 1 is 0.969 bits per heavy atom. The topological polar surface area (TPSA) is 37.3 Å². The number of anilines is 1. The zero-order valence-electron chi connectivity index (χ0n) is 16.8. The van der Waals surface area contributed by atoms with E-state index >= 15 is 0 Å². The highest BCUT2D eigenvalue weighted by Gasteiger charge is 2.33. The Morgan fingerprint density at radius 3 is 2.53 bits per heavy atom. The molecule has 1 aliphatic heterocycles. The van der Waals surface area contributed by atoms with E-state index in [-0.39, 0.29) is 16.9 Å². The summed E-state index contributed by atoms with van der Waals surface area (Å²) in [5.74, 6) is -0.909. The second-order valence-electron chi connectivity index (χ2n) is 7.57. The van der Waals surface area contributed by atoms with Crippen molar-refractivity contribution in [2.24, 2.45) is 0 Å². The number of nitrogens with one attached hydrogen (secondary N) is 1. The van der Waals surface area contributed by atoms with Gasteiger partial charge in [-0.3, -0.25) is 0 Å². The van der Waals surface area contributed by atoms with E-state index in [0.29, 0.717) is 12.2 Å². The van der Waals surface area contributed by atoms with E-state index < -0.39 is 11.9 Å². The van der Waals surface area contributed by atoms with Crippen molar-refractivity contribution >= 4 is 23.3 Å². The van der Waals surface area contributed by atoms with E-state index in [1.807, 2.05) is 47.2 Å². The van der Waals surface area contributed by atoms with E-state index in [1.165, 1.54) is 30.3 Å². The molecule has 32 heavy (non-hydrogen) atoms. The van der Waals surface area contributed by atoms with Crippen LogP contribution in [0, 0.1) is 11.6 Å². The molecule has 0 radical (unpaired) electrons. The molecule has 2 amide bonds. The summed E-state index contributed by atoms with van der Waals surface area (Å²) in [4.78, 5) is 15.2. The second-order valence-corrected chi connectivity index (χ2v) is 7.98. The third kappa shape index (κ3) is 3.63. The van der Waals surface area contributed by atoms with Crippen LogP contribution in [0.25, 0.3) is 5.69 Å². The van der Waals surface area contributed by atoms with E-state index in [2.05, 4.69) is 5.32 Å². The predicted octanol–water partition coefficient (Wildman–Crippen LogP) is 6.55. The number of nitrogens with zero attached hydrogens (tertiary/aromatic N) is 2. The molecule has 1 unspecified atom stereocenters. The molecular formula is C25H18ClF2N3O. The van der Waals surface area contributed by atoms with Gasteiger partial charge in [-0.25, -0.2) is 13.6 Å². The number of hydrogen-bond donors (Lipinski definition) is 1. The number of benzene rings is 3. The van der Waals surface area contributed by atoms with Gasteiger partial charge in [0.2, 0.25) is 0 Å². The highest BCUT2D eigenvalue weighted by molar-refractivity contribution is 6.31. The first kappa shape index (κ1) is 20.3. The Balaban J connectivity index is 1.61. The zero-order valence-corrected chi connectivity index (χ0v) is 17.6. The highest BCUT2D eigenvalue weighted by atomic mass is 35.5. The standard InChI is InChI=1S/C25H18ClF2N3O/c26-20-14-19(11-12-21(20)28)29-25(32)31-15-17-4-1-2-5-22(17)30-13-3-6-23(30)24(31)16-7-9-18(27)10-8-16/h1-14,24H,15H2,(H,29,32). The van der Waals surface area contributed by atoms with Crippen molar-refractivity contribution in [3.05, 3.63) is 119 Å². The molecule has 0 saturated heterocycles. The number of carbonyl (C=O) groups is 1. The first-order valence-electron chi connectivity index (χ1n) is 10.0. The summed E-state index contributed by atoms with van der Waals surface area (Å²) in [6, 6.07) is 21.0. The number of aromatic nitrogens is 1. The monoisotopic (exact) mass is 449 g/mol. The minimum Gasteiger partial charge on any atom is -0.318 e. The molecular weight excluding hydrogens is 432 g/mol. The van der Waals surface area contributed by atoms with Gasteiger partial charge >= 0.3 is 6.03 Å². The summed E-state index contributed by atoms with van der Waals surface area (Å²) in [6.45, 7) is 0.320. The number of fused-ring (bicyclic) bond motifs is 3. The summed E-state index contributed by atoms with van der Waals surface area (Å²) in [7, 11) is 0. The molecule has 0 fully saturated rings. The lowest BCUT2D eigenvalue weighted by atomic mass is 10.0. The van der Waals surface area contributed by atoms with Crippen LogP contribution < -0.4 is 5.32 Å². The van der Waals surface area contributed by atoms with Crippen molar-refractivity contribution in [3.63, 3.8) is 0 Å². The minimum absolute atomic E-state index is 0.0760. The first-order chi connectivity index (χ1) is 15.5. The van der Waals surface area contributed by atoms with Gasteiger partial charge in [0.1, 0.15) is 11.6 Å². The van der Waals surface area contributed by atoms with Gasteiger partial charge < -0.3 is 14.8 Å². The number of rotatable bonds is 2. The lowest BCUT2D eigenvalue weighted by Crippen LogP contribution is -2.37. The zero-order chi connectivity index (χ0) is 22.2. The Labute approximate surface area is 188 Å². The number of para-hydroxylation sites is 1. The van der Waals surface area contributed by atoms with Crippen molar-refractivity contribution in [1.29, 1.82) is 0 Å². The number of hydrogen-bond acceptors (Lipinski definition) is 1. The van der Waals surface area contributed by atoms with Gasteiger partial charge in [-0.05, 0) is 59.7 Å². The number of carbonyl (C=O) groups excluding carboxylic acids is 1. The van der Waals surface area contributed by atoms with Crippen LogP contribution >= 0.6 is 11.6 Å². The maximum atomic E-state index is 13.7. The SMILES string of the molecule is O=C(Nc1ccc(F)c(Cl)c1)N1Cc2ccccc2-n2cccc2C1c1ccc(F)cc1. The van der Waals surface area contributed by atoms with E-state index in [0.717, 1.165) is 22.5 Å². The summed E-state index contributed by atoms with van der Waals surface area (Å²) < 4.78 is 29.3. The van der Waals surface area contributed by atoms with Crippen molar-refractivity contribution in [2.45, 2.75) is 12.6 Å². The molecule has 4 nitrogen and oxygen atoms in total. The second kappa shape index (κ2) is 8.13. The van der Waals surface area contributed by atoms with Crippen molar-refractivity contribution in [1.82, 2.24) is 9.47 Å². The molecule has 7 heteroatoms. The summed E-state index contributed by atoms with van der Waals surface area (Å²) in [5.41, 5.74) is 3.95. The van der Waals surface area contributed by atoms with E-state index in [4.69, 9.17) is 11.6 Å².